The summed E-state index contributed by atoms with van der Waals surface area (Å²) in [6, 6.07) is 9.39. The number of benzene rings is 1. The van der Waals surface area contributed by atoms with E-state index in [1.165, 1.54) is 11.3 Å². The van der Waals surface area contributed by atoms with Gasteiger partial charge in [-0.05, 0) is 47.5 Å². The fourth-order valence-corrected chi connectivity index (χ4v) is 3.10. The number of hydrogen-bond donors (Lipinski definition) is 1. The zero-order valence-corrected chi connectivity index (χ0v) is 12.4. The van der Waals surface area contributed by atoms with Gasteiger partial charge in [-0.15, -0.1) is 0 Å². The molecule has 1 aromatic rings. The summed E-state index contributed by atoms with van der Waals surface area (Å²) in [7, 11) is 0. The summed E-state index contributed by atoms with van der Waals surface area (Å²) in [5.74, 6) is 0. The lowest BCUT2D eigenvalue weighted by Crippen LogP contribution is -2.55. The van der Waals surface area contributed by atoms with Crippen LogP contribution in [0.4, 0.5) is 5.69 Å². The molecule has 0 aromatic heterocycles. The topological polar surface area (TPSA) is 39.1 Å². The molecule has 1 aromatic carbocycles. The van der Waals surface area contributed by atoms with Gasteiger partial charge in [0.1, 0.15) is 0 Å². The molecule has 1 aliphatic heterocycles. The number of hydrogen-bond acceptors (Lipinski definition) is 3. The Labute approximate surface area is 117 Å². The minimum absolute atomic E-state index is 0.255. The molecule has 2 atom stereocenters. The van der Waals surface area contributed by atoms with Crippen LogP contribution in [0.25, 0.3) is 0 Å². The summed E-state index contributed by atoms with van der Waals surface area (Å²) in [5.41, 5.74) is 2.43. The van der Waals surface area contributed by atoms with Crippen molar-refractivity contribution in [1.29, 1.82) is 5.26 Å². The van der Waals surface area contributed by atoms with Gasteiger partial charge in [0.05, 0.1) is 24.2 Å². The van der Waals surface area contributed by atoms with Gasteiger partial charge in [0.15, 0.2) is 0 Å². The number of anilines is 1. The van der Waals surface area contributed by atoms with Crippen molar-refractivity contribution in [2.45, 2.75) is 32.4 Å². The van der Waals surface area contributed by atoms with E-state index >= 15 is 0 Å². The molecule has 1 heterocycles. The molecule has 0 bridgehead atoms. The predicted molar refractivity (Wildman–Crippen MR) is 77.7 cm³/mol. The molecule has 4 heteroatoms. The van der Waals surface area contributed by atoms with Gasteiger partial charge in [0.25, 0.3) is 0 Å². The van der Waals surface area contributed by atoms with E-state index in [9.17, 15) is 0 Å². The molecule has 0 amide bonds. The second-order valence-electron chi connectivity index (χ2n) is 4.93. The number of halogens is 1. The van der Waals surface area contributed by atoms with Crippen molar-refractivity contribution in [2.24, 2.45) is 0 Å². The lowest BCUT2D eigenvalue weighted by atomic mass is 10.1. The van der Waals surface area contributed by atoms with E-state index in [0.29, 0.717) is 12.5 Å². The zero-order chi connectivity index (χ0) is 13.1. The minimum Gasteiger partial charge on any atom is -0.364 e. The molecule has 1 N–H and O–H groups in total. The molecule has 1 aliphatic rings. The van der Waals surface area contributed by atoms with Crippen LogP contribution < -0.4 is 10.2 Å². The molecule has 18 heavy (non-hydrogen) atoms. The van der Waals surface area contributed by atoms with Crippen LogP contribution in [0.2, 0.25) is 0 Å². The van der Waals surface area contributed by atoms with Crippen molar-refractivity contribution in [3.8, 4) is 6.07 Å². The Morgan fingerprint density at radius 1 is 1.56 bits per heavy atom. The van der Waals surface area contributed by atoms with Gasteiger partial charge in [-0.2, -0.15) is 5.26 Å². The molecular formula is C14H18BrN3. The van der Waals surface area contributed by atoms with E-state index in [4.69, 9.17) is 5.26 Å². The van der Waals surface area contributed by atoms with Crippen molar-refractivity contribution < 1.29 is 0 Å². The van der Waals surface area contributed by atoms with Crippen LogP contribution in [-0.4, -0.2) is 25.2 Å². The normalized spacial score (nSPS) is 23.8. The molecule has 0 spiro atoms. The monoisotopic (exact) mass is 307 g/mol. The molecule has 3 nitrogen and oxygen atoms in total. The van der Waals surface area contributed by atoms with Crippen LogP contribution in [0.1, 0.15) is 18.9 Å². The molecule has 2 unspecified atom stereocenters. The average molecular weight is 308 g/mol. The number of nitrogens with one attached hydrogen (secondary N) is 1. The molecule has 1 fully saturated rings. The highest BCUT2D eigenvalue weighted by molar-refractivity contribution is 9.10. The third-order valence-electron chi connectivity index (χ3n) is 3.35. The first-order valence-corrected chi connectivity index (χ1v) is 7.04. The highest BCUT2D eigenvalue weighted by atomic mass is 79.9. The van der Waals surface area contributed by atoms with Gasteiger partial charge < -0.3 is 10.2 Å². The Kier molecular flexibility index (Phi) is 4.26. The summed E-state index contributed by atoms with van der Waals surface area (Å²) in [5, 5.41) is 12.4. The molecule has 0 aliphatic carbocycles. The van der Waals surface area contributed by atoms with Gasteiger partial charge in [0, 0.05) is 23.6 Å². The average Bonchev–Trinajstić information content (AvgIpc) is 2.32. The zero-order valence-electron chi connectivity index (χ0n) is 10.8. The maximum atomic E-state index is 8.95. The SMILES string of the molecule is Cc1ccc(N2CC(C)NCC2CC#N)c(Br)c1. The van der Waals surface area contributed by atoms with Gasteiger partial charge in [-0.25, -0.2) is 0 Å². The van der Waals surface area contributed by atoms with Crippen LogP contribution in [0.3, 0.4) is 0 Å². The third-order valence-corrected chi connectivity index (χ3v) is 3.99. The first-order valence-electron chi connectivity index (χ1n) is 6.25. The Balaban J connectivity index is 2.29. The summed E-state index contributed by atoms with van der Waals surface area (Å²) >= 11 is 3.64. The van der Waals surface area contributed by atoms with E-state index in [2.05, 4.69) is 64.3 Å². The van der Waals surface area contributed by atoms with Gasteiger partial charge in [0.2, 0.25) is 0 Å². The first-order chi connectivity index (χ1) is 8.61. The Morgan fingerprint density at radius 2 is 2.33 bits per heavy atom. The number of piperazine rings is 1. The minimum atomic E-state index is 0.255. The maximum Gasteiger partial charge on any atom is 0.0643 e. The summed E-state index contributed by atoms with van der Waals surface area (Å²) in [4.78, 5) is 2.34. The molecule has 2 rings (SSSR count). The van der Waals surface area contributed by atoms with Crippen molar-refractivity contribution in [3.63, 3.8) is 0 Å². The van der Waals surface area contributed by atoms with Gasteiger partial charge in [-0.1, -0.05) is 6.07 Å². The van der Waals surface area contributed by atoms with E-state index in [1.807, 2.05) is 0 Å². The second-order valence-corrected chi connectivity index (χ2v) is 5.79. The number of aryl methyl sites for hydroxylation is 1. The van der Waals surface area contributed by atoms with Crippen LogP contribution in [0, 0.1) is 18.3 Å². The Morgan fingerprint density at radius 3 is 3.00 bits per heavy atom. The quantitative estimate of drug-likeness (QED) is 0.913. The predicted octanol–water partition coefficient (Wildman–Crippen LogP) is 2.84. The number of nitriles is 1. The fraction of sp³-hybridized carbons (Fsp3) is 0.500. The molecular weight excluding hydrogens is 290 g/mol. The summed E-state index contributed by atoms with van der Waals surface area (Å²) in [6.07, 6.45) is 0.556. The van der Waals surface area contributed by atoms with Crippen molar-refractivity contribution >= 4 is 21.6 Å². The van der Waals surface area contributed by atoms with E-state index in [1.54, 1.807) is 0 Å². The van der Waals surface area contributed by atoms with Crippen molar-refractivity contribution in [3.05, 3.63) is 28.2 Å². The fourth-order valence-electron chi connectivity index (χ4n) is 2.38. The van der Waals surface area contributed by atoms with Gasteiger partial charge >= 0.3 is 0 Å². The lowest BCUT2D eigenvalue weighted by Gasteiger charge is -2.40. The Hall–Kier alpha value is -1.05. The van der Waals surface area contributed by atoms with Crippen LogP contribution in [0.15, 0.2) is 22.7 Å². The Bertz CT molecular complexity index is 467. The molecule has 0 radical (unpaired) electrons. The van der Waals surface area contributed by atoms with E-state index < -0.39 is 0 Å². The van der Waals surface area contributed by atoms with Crippen molar-refractivity contribution in [2.75, 3.05) is 18.0 Å². The maximum absolute atomic E-state index is 8.95. The number of rotatable bonds is 2. The van der Waals surface area contributed by atoms with Crippen LogP contribution in [-0.2, 0) is 0 Å². The largest absolute Gasteiger partial charge is 0.364 e. The second kappa shape index (κ2) is 5.73. The van der Waals surface area contributed by atoms with E-state index in [0.717, 1.165) is 17.6 Å². The third kappa shape index (κ3) is 2.85. The first kappa shape index (κ1) is 13.4. The van der Waals surface area contributed by atoms with Crippen LogP contribution >= 0.6 is 15.9 Å². The molecule has 1 saturated heterocycles. The highest BCUT2D eigenvalue weighted by Gasteiger charge is 2.26. The summed E-state index contributed by atoms with van der Waals surface area (Å²) in [6.45, 7) is 6.07. The van der Waals surface area contributed by atoms with Gasteiger partial charge in [-0.3, -0.25) is 0 Å². The highest BCUT2D eigenvalue weighted by Crippen LogP contribution is 2.30. The standard InChI is InChI=1S/C14H18BrN3/c1-10-3-4-14(13(15)7-10)18-9-11(2)17-8-12(18)5-6-16/h3-4,7,11-12,17H,5,8-9H2,1-2H3. The smallest absolute Gasteiger partial charge is 0.0643 e. The van der Waals surface area contributed by atoms with E-state index in [-0.39, 0.29) is 6.04 Å². The van der Waals surface area contributed by atoms with Crippen LogP contribution in [0.5, 0.6) is 0 Å². The number of nitrogens with zero attached hydrogens (tertiary/aromatic N) is 2. The molecule has 0 saturated carbocycles. The molecule has 96 valence electrons. The summed E-state index contributed by atoms with van der Waals surface area (Å²) < 4.78 is 1.11. The lowest BCUT2D eigenvalue weighted by molar-refractivity contribution is 0.411. The van der Waals surface area contributed by atoms with Crippen molar-refractivity contribution in [1.82, 2.24) is 5.32 Å².